The van der Waals surface area contributed by atoms with Gasteiger partial charge in [-0.15, -0.1) is 0 Å². The third-order valence-electron chi connectivity index (χ3n) is 4.82. The molecule has 2 amide bonds. The molecule has 1 aromatic heterocycles. The second kappa shape index (κ2) is 9.22. The van der Waals surface area contributed by atoms with Gasteiger partial charge in [0, 0.05) is 26.0 Å². The van der Waals surface area contributed by atoms with Gasteiger partial charge in [0.15, 0.2) is 0 Å². The van der Waals surface area contributed by atoms with Crippen molar-refractivity contribution in [3.8, 4) is 5.75 Å². The number of carbonyl (C=O) groups excluding carboxylic acids is 1. The van der Waals surface area contributed by atoms with Crippen LogP contribution in [0.5, 0.6) is 5.75 Å². The van der Waals surface area contributed by atoms with Crippen LogP contribution in [-0.4, -0.2) is 42.7 Å². The molecule has 1 aliphatic carbocycles. The third kappa shape index (κ3) is 4.97. The van der Waals surface area contributed by atoms with Crippen molar-refractivity contribution in [3.05, 3.63) is 59.4 Å². The number of nitrogens with zero attached hydrogens (tertiary/aromatic N) is 2. The number of nitrogens with one attached hydrogen (secondary N) is 1. The first-order valence-electron chi connectivity index (χ1n) is 9.35. The van der Waals surface area contributed by atoms with Gasteiger partial charge in [0.05, 0.1) is 6.54 Å². The summed E-state index contributed by atoms with van der Waals surface area (Å²) in [6, 6.07) is 10.2. The molecular weight excluding hydrogens is 326 g/mol. The summed E-state index contributed by atoms with van der Waals surface area (Å²) in [7, 11) is 1.81. The summed E-state index contributed by atoms with van der Waals surface area (Å²) in [5.74, 6) is 0.975. The zero-order valence-corrected chi connectivity index (χ0v) is 15.4. The minimum absolute atomic E-state index is 0.0715. The number of rotatable bonds is 7. The molecule has 3 rings (SSSR count). The van der Waals surface area contributed by atoms with E-state index in [0.717, 1.165) is 25.0 Å². The standard InChI is InChI=1S/C21H27N3O2/c1-24(15-11-17-9-12-22-13-10-17)21(25)23-14-16-26-20-8-4-6-18-5-2-3-7-19(18)20/h4,6,8-10,12-13H,2-3,5,7,11,14-16H2,1H3,(H,23,25). The van der Waals surface area contributed by atoms with Crippen LogP contribution in [0.2, 0.25) is 0 Å². The largest absolute Gasteiger partial charge is 0.491 e. The highest BCUT2D eigenvalue weighted by Crippen LogP contribution is 2.29. The van der Waals surface area contributed by atoms with Crippen LogP contribution in [-0.2, 0) is 19.3 Å². The van der Waals surface area contributed by atoms with Crippen LogP contribution in [0.4, 0.5) is 4.79 Å². The van der Waals surface area contributed by atoms with Gasteiger partial charge in [-0.2, -0.15) is 0 Å². The Bertz CT molecular complexity index is 718. The summed E-state index contributed by atoms with van der Waals surface area (Å²) in [6.45, 7) is 1.66. The Kier molecular flexibility index (Phi) is 6.47. The molecule has 0 saturated heterocycles. The molecule has 26 heavy (non-hydrogen) atoms. The highest BCUT2D eigenvalue weighted by atomic mass is 16.5. The smallest absolute Gasteiger partial charge is 0.317 e. The molecular formula is C21H27N3O2. The van der Waals surface area contributed by atoms with E-state index in [1.807, 2.05) is 25.2 Å². The number of carbonyl (C=O) groups is 1. The fourth-order valence-corrected chi connectivity index (χ4v) is 3.28. The number of aryl methyl sites for hydroxylation is 1. The van der Waals surface area contributed by atoms with E-state index in [2.05, 4.69) is 22.4 Å². The molecule has 1 aliphatic rings. The maximum Gasteiger partial charge on any atom is 0.317 e. The molecule has 0 saturated carbocycles. The maximum absolute atomic E-state index is 12.2. The van der Waals surface area contributed by atoms with E-state index in [1.54, 1.807) is 17.3 Å². The highest BCUT2D eigenvalue weighted by molar-refractivity contribution is 5.73. The van der Waals surface area contributed by atoms with E-state index in [0.29, 0.717) is 19.7 Å². The van der Waals surface area contributed by atoms with Crippen LogP contribution in [0.25, 0.3) is 0 Å². The first-order chi connectivity index (χ1) is 12.7. The number of likely N-dealkylation sites (N-methyl/N-ethyl adjacent to an activating group) is 1. The Morgan fingerprint density at radius 3 is 2.85 bits per heavy atom. The van der Waals surface area contributed by atoms with Crippen molar-refractivity contribution < 1.29 is 9.53 Å². The number of fused-ring (bicyclic) bond motifs is 1. The number of amides is 2. The molecule has 1 heterocycles. The zero-order chi connectivity index (χ0) is 18.2. The average Bonchev–Trinajstić information content (AvgIpc) is 2.70. The molecule has 2 aromatic rings. The van der Waals surface area contributed by atoms with Crippen LogP contribution in [0.15, 0.2) is 42.7 Å². The quantitative estimate of drug-likeness (QED) is 0.778. The summed E-state index contributed by atoms with van der Waals surface area (Å²) in [6.07, 6.45) is 9.09. The molecule has 5 nitrogen and oxygen atoms in total. The summed E-state index contributed by atoms with van der Waals surface area (Å²) < 4.78 is 5.92. The molecule has 0 radical (unpaired) electrons. The maximum atomic E-state index is 12.2. The Labute approximate surface area is 155 Å². The molecule has 0 atom stereocenters. The normalized spacial score (nSPS) is 13.0. The average molecular weight is 353 g/mol. The SMILES string of the molecule is CN(CCc1ccncc1)C(=O)NCCOc1cccc2c1CCCC2. The van der Waals surface area contributed by atoms with Gasteiger partial charge in [0.25, 0.3) is 0 Å². The second-order valence-electron chi connectivity index (χ2n) is 6.71. The summed E-state index contributed by atoms with van der Waals surface area (Å²) >= 11 is 0. The number of ether oxygens (including phenoxy) is 1. The van der Waals surface area contributed by atoms with E-state index in [4.69, 9.17) is 4.74 Å². The van der Waals surface area contributed by atoms with Gasteiger partial charge in [0.2, 0.25) is 0 Å². The van der Waals surface area contributed by atoms with Gasteiger partial charge in [-0.1, -0.05) is 12.1 Å². The number of urea groups is 1. The Balaban J connectivity index is 1.39. The van der Waals surface area contributed by atoms with Crippen molar-refractivity contribution in [1.29, 1.82) is 0 Å². The number of benzene rings is 1. The van der Waals surface area contributed by atoms with Crippen LogP contribution in [0.3, 0.4) is 0 Å². The van der Waals surface area contributed by atoms with E-state index in [9.17, 15) is 4.79 Å². The van der Waals surface area contributed by atoms with Gasteiger partial charge < -0.3 is 15.0 Å². The van der Waals surface area contributed by atoms with Gasteiger partial charge in [-0.3, -0.25) is 4.98 Å². The minimum atomic E-state index is -0.0715. The minimum Gasteiger partial charge on any atom is -0.491 e. The topological polar surface area (TPSA) is 54.5 Å². The van der Waals surface area contributed by atoms with Crippen molar-refractivity contribution >= 4 is 6.03 Å². The highest BCUT2D eigenvalue weighted by Gasteiger charge is 2.14. The van der Waals surface area contributed by atoms with Crippen LogP contribution in [0.1, 0.15) is 29.5 Å². The number of pyridine rings is 1. The Hall–Kier alpha value is -2.56. The lowest BCUT2D eigenvalue weighted by Crippen LogP contribution is -2.40. The van der Waals surface area contributed by atoms with E-state index in [-0.39, 0.29) is 6.03 Å². The van der Waals surface area contributed by atoms with Crippen LogP contribution in [0, 0.1) is 0 Å². The molecule has 138 valence electrons. The molecule has 1 N–H and O–H groups in total. The summed E-state index contributed by atoms with van der Waals surface area (Å²) in [5.41, 5.74) is 3.94. The Morgan fingerprint density at radius 1 is 1.19 bits per heavy atom. The van der Waals surface area contributed by atoms with Crippen molar-refractivity contribution in [1.82, 2.24) is 15.2 Å². The third-order valence-corrected chi connectivity index (χ3v) is 4.82. The first-order valence-corrected chi connectivity index (χ1v) is 9.35. The molecule has 5 heteroatoms. The second-order valence-corrected chi connectivity index (χ2v) is 6.71. The molecule has 0 fully saturated rings. The molecule has 0 unspecified atom stereocenters. The van der Waals surface area contributed by atoms with Gasteiger partial charge in [0.1, 0.15) is 12.4 Å². The van der Waals surface area contributed by atoms with Gasteiger partial charge >= 0.3 is 6.03 Å². The van der Waals surface area contributed by atoms with E-state index in [1.165, 1.54) is 29.5 Å². The van der Waals surface area contributed by atoms with Crippen LogP contribution >= 0.6 is 0 Å². The van der Waals surface area contributed by atoms with Crippen LogP contribution < -0.4 is 10.1 Å². The lowest BCUT2D eigenvalue weighted by atomic mass is 9.91. The number of aromatic nitrogens is 1. The molecule has 0 bridgehead atoms. The number of hydrogen-bond donors (Lipinski definition) is 1. The van der Waals surface area contributed by atoms with Crippen molar-refractivity contribution in [3.63, 3.8) is 0 Å². The number of hydrogen-bond acceptors (Lipinski definition) is 3. The van der Waals surface area contributed by atoms with E-state index < -0.39 is 0 Å². The van der Waals surface area contributed by atoms with Gasteiger partial charge in [-0.25, -0.2) is 4.79 Å². The summed E-state index contributed by atoms with van der Waals surface area (Å²) in [4.78, 5) is 17.9. The monoisotopic (exact) mass is 353 g/mol. The first kappa shape index (κ1) is 18.2. The molecule has 1 aromatic carbocycles. The summed E-state index contributed by atoms with van der Waals surface area (Å²) in [5, 5.41) is 2.92. The van der Waals surface area contributed by atoms with E-state index >= 15 is 0 Å². The molecule has 0 spiro atoms. The Morgan fingerprint density at radius 2 is 2.00 bits per heavy atom. The molecule has 0 aliphatic heterocycles. The lowest BCUT2D eigenvalue weighted by molar-refractivity contribution is 0.205. The predicted molar refractivity (Wildman–Crippen MR) is 103 cm³/mol. The fourth-order valence-electron chi connectivity index (χ4n) is 3.28. The van der Waals surface area contributed by atoms with Crippen molar-refractivity contribution in [2.24, 2.45) is 0 Å². The lowest BCUT2D eigenvalue weighted by Gasteiger charge is -2.20. The van der Waals surface area contributed by atoms with Crippen molar-refractivity contribution in [2.75, 3.05) is 26.7 Å². The zero-order valence-electron chi connectivity index (χ0n) is 15.4. The van der Waals surface area contributed by atoms with Gasteiger partial charge in [-0.05, 0) is 67.0 Å². The predicted octanol–water partition coefficient (Wildman–Crippen LogP) is 3.22. The van der Waals surface area contributed by atoms with Crippen molar-refractivity contribution in [2.45, 2.75) is 32.1 Å². The fraction of sp³-hybridized carbons (Fsp3) is 0.429.